The topological polar surface area (TPSA) is 177 Å². The van der Waals surface area contributed by atoms with E-state index in [-0.39, 0.29) is 31.2 Å². The van der Waals surface area contributed by atoms with E-state index in [1.807, 2.05) is 30.3 Å². The molecule has 3 fully saturated rings. The molecule has 1 saturated carbocycles. The van der Waals surface area contributed by atoms with Crippen LogP contribution >= 0.6 is 0 Å². The summed E-state index contributed by atoms with van der Waals surface area (Å²) in [6.07, 6.45) is 4.78. The van der Waals surface area contributed by atoms with Crippen molar-refractivity contribution in [2.24, 2.45) is 11.8 Å². The molecule has 2 saturated heterocycles. The lowest BCUT2D eigenvalue weighted by molar-refractivity contribution is -0.143. The molecule has 1 aromatic carbocycles. The van der Waals surface area contributed by atoms with Crippen molar-refractivity contribution in [2.75, 3.05) is 26.7 Å². The van der Waals surface area contributed by atoms with Crippen LogP contribution < -0.4 is 21.3 Å². The molecule has 4 rings (SSSR count). The molecule has 3 aliphatic rings. The van der Waals surface area contributed by atoms with Crippen LogP contribution in [0.15, 0.2) is 30.3 Å². The molecule has 5 N–H and O–H groups in total. The molecule has 0 spiro atoms. The van der Waals surface area contributed by atoms with Gasteiger partial charge < -0.3 is 36.2 Å². The van der Waals surface area contributed by atoms with E-state index in [0.717, 1.165) is 29.7 Å². The van der Waals surface area contributed by atoms with Gasteiger partial charge in [0.1, 0.15) is 24.2 Å². The molecular formula is C32H46N6O7. The number of benzene rings is 1. The third-order valence-electron chi connectivity index (χ3n) is 8.97. The highest BCUT2D eigenvalue weighted by molar-refractivity contribution is 5.97. The molecule has 246 valence electrons. The second-order valence-electron chi connectivity index (χ2n) is 12.8. The minimum atomic E-state index is -1.37. The molecule has 0 unspecified atom stereocenters. The van der Waals surface area contributed by atoms with Crippen LogP contribution in [0, 0.1) is 11.8 Å². The maximum atomic E-state index is 14.3. The molecular weight excluding hydrogens is 580 g/mol. The van der Waals surface area contributed by atoms with E-state index in [9.17, 15) is 33.9 Å². The number of carbonyl (C=O) groups is 6. The molecule has 45 heavy (non-hydrogen) atoms. The van der Waals surface area contributed by atoms with E-state index < -0.39 is 72.9 Å². The fraction of sp³-hybridized carbons (Fsp3) is 0.625. The Kier molecular flexibility index (Phi) is 11.5. The van der Waals surface area contributed by atoms with Crippen LogP contribution in [0.3, 0.4) is 0 Å². The molecule has 13 nitrogen and oxygen atoms in total. The van der Waals surface area contributed by atoms with Crippen LogP contribution in [0.4, 0.5) is 0 Å². The average Bonchev–Trinajstić information content (AvgIpc) is 3.40. The van der Waals surface area contributed by atoms with Crippen molar-refractivity contribution >= 4 is 35.4 Å². The van der Waals surface area contributed by atoms with Crippen molar-refractivity contribution in [3.05, 3.63) is 35.9 Å². The Labute approximate surface area is 263 Å². The van der Waals surface area contributed by atoms with Gasteiger partial charge in [0.25, 0.3) is 0 Å². The lowest BCUT2D eigenvalue weighted by Gasteiger charge is -2.30. The SMILES string of the molecule is CC(C)[C@H]1NC(=O)CN(C)C(=O)[C@H](CO)NC(=O)[C@@H]2C[C@H](NC(=O)CCC3CCC3)CN2C(=O)[C@H](Cc2ccccc2)NC1=O. The van der Waals surface area contributed by atoms with E-state index in [1.165, 1.54) is 18.4 Å². The summed E-state index contributed by atoms with van der Waals surface area (Å²) in [6, 6.07) is 4.03. The van der Waals surface area contributed by atoms with Crippen LogP contribution in [0.5, 0.6) is 0 Å². The summed E-state index contributed by atoms with van der Waals surface area (Å²) in [5.74, 6) is -3.07. The van der Waals surface area contributed by atoms with Gasteiger partial charge in [-0.1, -0.05) is 63.4 Å². The number of carbonyl (C=O) groups excluding carboxylic acids is 6. The molecule has 1 aromatic rings. The van der Waals surface area contributed by atoms with Crippen molar-refractivity contribution in [1.82, 2.24) is 31.1 Å². The predicted molar refractivity (Wildman–Crippen MR) is 164 cm³/mol. The van der Waals surface area contributed by atoms with E-state index in [4.69, 9.17) is 0 Å². The van der Waals surface area contributed by atoms with Gasteiger partial charge in [-0.15, -0.1) is 0 Å². The molecule has 0 aromatic heterocycles. The third-order valence-corrected chi connectivity index (χ3v) is 8.97. The van der Waals surface area contributed by atoms with Gasteiger partial charge >= 0.3 is 0 Å². The fourth-order valence-corrected chi connectivity index (χ4v) is 6.13. The molecule has 2 heterocycles. The number of amides is 6. The largest absolute Gasteiger partial charge is 0.394 e. The molecule has 1 aliphatic carbocycles. The summed E-state index contributed by atoms with van der Waals surface area (Å²) in [6.45, 7) is 2.37. The Morgan fingerprint density at radius 1 is 0.978 bits per heavy atom. The molecule has 0 radical (unpaired) electrons. The number of rotatable bonds is 8. The summed E-state index contributed by atoms with van der Waals surface area (Å²) >= 11 is 0. The lowest BCUT2D eigenvalue weighted by Crippen LogP contribution is -2.58. The number of nitrogens with one attached hydrogen (secondary N) is 4. The Hall–Kier alpha value is -4.00. The highest BCUT2D eigenvalue weighted by atomic mass is 16.3. The molecule has 0 bridgehead atoms. The Bertz CT molecular complexity index is 1250. The number of aliphatic hydroxyl groups is 1. The Balaban J connectivity index is 1.65. The first-order valence-corrected chi connectivity index (χ1v) is 15.9. The first kappa shape index (κ1) is 33.9. The van der Waals surface area contributed by atoms with Gasteiger partial charge in [-0.05, 0) is 30.2 Å². The predicted octanol–water partition coefficient (Wildman–Crippen LogP) is -0.530. The highest BCUT2D eigenvalue weighted by Gasteiger charge is 2.44. The van der Waals surface area contributed by atoms with Crippen molar-refractivity contribution in [3.63, 3.8) is 0 Å². The van der Waals surface area contributed by atoms with Crippen LogP contribution in [-0.4, -0.2) is 107 Å². The van der Waals surface area contributed by atoms with Gasteiger partial charge in [0, 0.05) is 32.5 Å². The maximum Gasteiger partial charge on any atom is 0.247 e. The van der Waals surface area contributed by atoms with Crippen LogP contribution in [0.25, 0.3) is 0 Å². The van der Waals surface area contributed by atoms with Crippen molar-refractivity contribution in [3.8, 4) is 0 Å². The number of hydrogen-bond donors (Lipinski definition) is 5. The summed E-state index contributed by atoms with van der Waals surface area (Å²) in [4.78, 5) is 82.8. The zero-order chi connectivity index (χ0) is 32.7. The van der Waals surface area contributed by atoms with Crippen LogP contribution in [0.2, 0.25) is 0 Å². The molecule has 13 heteroatoms. The zero-order valence-corrected chi connectivity index (χ0v) is 26.3. The van der Waals surface area contributed by atoms with E-state index >= 15 is 0 Å². The average molecular weight is 627 g/mol. The standard InChI is InChI=1S/C32H46N6O7/c1-19(2)28-30(43)34-23(14-21-8-5-4-6-9-21)32(45)38-16-22(33-26(40)13-12-20-10-7-11-20)15-25(38)29(42)35-24(18-39)31(44)37(3)17-27(41)36-28/h4-6,8-9,19-20,22-25,28,39H,7,10-18H2,1-3H3,(H,33,40)(H,34,43)(H,35,42)(H,36,41)/t22-,23-,24-,25-,28+/m0/s1. The van der Waals surface area contributed by atoms with Crippen molar-refractivity contribution in [1.29, 1.82) is 0 Å². The molecule has 2 aliphatic heterocycles. The Morgan fingerprint density at radius 3 is 2.29 bits per heavy atom. The number of hydrogen-bond acceptors (Lipinski definition) is 7. The van der Waals surface area contributed by atoms with E-state index in [2.05, 4.69) is 21.3 Å². The lowest BCUT2D eigenvalue weighted by atomic mass is 9.82. The van der Waals surface area contributed by atoms with Crippen LogP contribution in [-0.2, 0) is 35.2 Å². The molecule has 6 amide bonds. The fourth-order valence-electron chi connectivity index (χ4n) is 6.13. The number of nitrogens with zero attached hydrogens (tertiary/aromatic N) is 2. The van der Waals surface area contributed by atoms with Gasteiger partial charge in [-0.3, -0.25) is 28.8 Å². The minimum absolute atomic E-state index is 0.0231. The van der Waals surface area contributed by atoms with Gasteiger partial charge in [-0.2, -0.15) is 0 Å². The second kappa shape index (κ2) is 15.3. The first-order valence-electron chi connectivity index (χ1n) is 15.9. The van der Waals surface area contributed by atoms with Crippen molar-refractivity contribution in [2.45, 2.75) is 89.0 Å². The highest BCUT2D eigenvalue weighted by Crippen LogP contribution is 2.30. The Morgan fingerprint density at radius 2 is 1.67 bits per heavy atom. The van der Waals surface area contributed by atoms with E-state index in [0.29, 0.717) is 12.3 Å². The second-order valence-corrected chi connectivity index (χ2v) is 12.8. The summed E-state index contributed by atoms with van der Waals surface area (Å²) in [5, 5.41) is 21.0. The van der Waals surface area contributed by atoms with Gasteiger partial charge in [0.05, 0.1) is 13.2 Å². The number of fused-ring (bicyclic) bond motifs is 1. The van der Waals surface area contributed by atoms with Crippen molar-refractivity contribution < 1.29 is 33.9 Å². The maximum absolute atomic E-state index is 14.3. The van der Waals surface area contributed by atoms with Gasteiger partial charge in [0.2, 0.25) is 35.4 Å². The smallest absolute Gasteiger partial charge is 0.247 e. The van der Waals surface area contributed by atoms with Crippen LogP contribution in [0.1, 0.15) is 57.9 Å². The summed E-state index contributed by atoms with van der Waals surface area (Å²) in [5.41, 5.74) is 0.771. The monoisotopic (exact) mass is 626 g/mol. The zero-order valence-electron chi connectivity index (χ0n) is 26.3. The van der Waals surface area contributed by atoms with Gasteiger partial charge in [0.15, 0.2) is 0 Å². The number of likely N-dealkylation sites (N-methyl/N-ethyl adjacent to an activating group) is 1. The molecule has 5 atom stereocenters. The number of aliphatic hydroxyl groups excluding tert-OH is 1. The minimum Gasteiger partial charge on any atom is -0.394 e. The third kappa shape index (κ3) is 8.80. The summed E-state index contributed by atoms with van der Waals surface area (Å²) < 4.78 is 0. The first-order chi connectivity index (χ1) is 21.5. The van der Waals surface area contributed by atoms with E-state index in [1.54, 1.807) is 13.8 Å². The quantitative estimate of drug-likeness (QED) is 0.258. The summed E-state index contributed by atoms with van der Waals surface area (Å²) in [7, 11) is 1.36. The normalized spacial score (nSPS) is 27.1. The van der Waals surface area contributed by atoms with Gasteiger partial charge in [-0.25, -0.2) is 0 Å².